The Morgan fingerprint density at radius 2 is 1.81 bits per heavy atom. The number of anilines is 2. The fourth-order valence-corrected chi connectivity index (χ4v) is 3.25. The number of nitrogens with zero attached hydrogens (tertiary/aromatic N) is 4. The van der Waals surface area contributed by atoms with Gasteiger partial charge in [-0.25, -0.2) is 9.50 Å². The van der Waals surface area contributed by atoms with Crippen LogP contribution >= 0.6 is 0 Å². The Balaban J connectivity index is 1.52. The lowest BCUT2D eigenvalue weighted by atomic mass is 10.0. The molecule has 3 heterocycles. The average molecular weight is 349 g/mol. The molecule has 0 bridgehead atoms. The van der Waals surface area contributed by atoms with Crippen molar-refractivity contribution in [3.63, 3.8) is 0 Å². The Labute approximate surface area is 152 Å². The van der Waals surface area contributed by atoms with E-state index in [0.29, 0.717) is 17.3 Å². The van der Waals surface area contributed by atoms with Crippen molar-refractivity contribution in [2.24, 2.45) is 0 Å². The van der Waals surface area contributed by atoms with E-state index in [-0.39, 0.29) is 5.91 Å². The zero-order valence-electron chi connectivity index (χ0n) is 15.1. The SMILES string of the molecule is CC(C)c1ccc(C(=O)Nc2cn3nc(N4CCCC4)ccc3n2)cc1. The molecule has 1 aromatic carbocycles. The highest BCUT2D eigenvalue weighted by Gasteiger charge is 2.15. The van der Waals surface area contributed by atoms with E-state index in [1.807, 2.05) is 36.4 Å². The lowest BCUT2D eigenvalue weighted by Crippen LogP contribution is -2.19. The summed E-state index contributed by atoms with van der Waals surface area (Å²) in [5.74, 6) is 1.74. The van der Waals surface area contributed by atoms with Crippen LogP contribution in [0.5, 0.6) is 0 Å². The molecule has 6 heteroatoms. The van der Waals surface area contributed by atoms with Crippen molar-refractivity contribution < 1.29 is 4.79 Å². The summed E-state index contributed by atoms with van der Waals surface area (Å²) < 4.78 is 1.73. The zero-order valence-corrected chi connectivity index (χ0v) is 15.1. The van der Waals surface area contributed by atoms with Crippen LogP contribution in [0.15, 0.2) is 42.6 Å². The predicted molar refractivity (Wildman–Crippen MR) is 103 cm³/mol. The van der Waals surface area contributed by atoms with Crippen LogP contribution in [-0.2, 0) is 0 Å². The molecular weight excluding hydrogens is 326 g/mol. The van der Waals surface area contributed by atoms with Crippen LogP contribution in [0, 0.1) is 0 Å². The number of nitrogens with one attached hydrogen (secondary N) is 1. The molecule has 6 nitrogen and oxygen atoms in total. The summed E-state index contributed by atoms with van der Waals surface area (Å²) in [7, 11) is 0. The highest BCUT2D eigenvalue weighted by molar-refractivity contribution is 6.03. The molecule has 0 radical (unpaired) electrons. The predicted octanol–water partition coefficient (Wildman–Crippen LogP) is 3.71. The lowest BCUT2D eigenvalue weighted by molar-refractivity contribution is 0.102. The van der Waals surface area contributed by atoms with E-state index in [4.69, 9.17) is 0 Å². The minimum absolute atomic E-state index is 0.163. The molecule has 2 aromatic heterocycles. The van der Waals surface area contributed by atoms with E-state index < -0.39 is 0 Å². The third-order valence-corrected chi connectivity index (χ3v) is 4.82. The van der Waals surface area contributed by atoms with Gasteiger partial charge in [-0.3, -0.25) is 4.79 Å². The molecule has 134 valence electrons. The van der Waals surface area contributed by atoms with Crippen LogP contribution in [0.25, 0.3) is 5.65 Å². The summed E-state index contributed by atoms with van der Waals surface area (Å²) in [4.78, 5) is 19.2. The standard InChI is InChI=1S/C20H23N5O/c1-14(2)15-5-7-16(8-6-15)20(26)22-17-13-25-18(21-17)9-10-19(23-25)24-11-3-4-12-24/h5-10,13-14H,3-4,11-12H2,1-2H3,(H,22,26). The van der Waals surface area contributed by atoms with Gasteiger partial charge in [0.2, 0.25) is 0 Å². The number of imidazole rings is 1. The third kappa shape index (κ3) is 3.27. The molecule has 3 aromatic rings. The lowest BCUT2D eigenvalue weighted by Gasteiger charge is -2.15. The molecule has 0 aliphatic carbocycles. The number of carbonyl (C=O) groups excluding carboxylic acids is 1. The molecule has 1 aliphatic rings. The average Bonchev–Trinajstić information content (AvgIpc) is 3.30. The number of hydrogen-bond acceptors (Lipinski definition) is 4. The van der Waals surface area contributed by atoms with Gasteiger partial charge in [-0.15, -0.1) is 5.10 Å². The van der Waals surface area contributed by atoms with Gasteiger partial charge in [0.25, 0.3) is 5.91 Å². The number of amides is 1. The number of fused-ring (bicyclic) bond motifs is 1. The summed E-state index contributed by atoms with van der Waals surface area (Å²) in [5.41, 5.74) is 2.56. The first kappa shape index (κ1) is 16.6. The van der Waals surface area contributed by atoms with Crippen molar-refractivity contribution in [1.29, 1.82) is 0 Å². The van der Waals surface area contributed by atoms with Crippen LogP contribution in [0.3, 0.4) is 0 Å². The smallest absolute Gasteiger partial charge is 0.256 e. The van der Waals surface area contributed by atoms with E-state index in [0.717, 1.165) is 24.6 Å². The molecule has 0 unspecified atom stereocenters. The molecule has 0 spiro atoms. The Kier molecular flexibility index (Phi) is 4.32. The summed E-state index contributed by atoms with van der Waals surface area (Å²) in [6, 6.07) is 11.6. The molecule has 1 aliphatic heterocycles. The van der Waals surface area contributed by atoms with Crippen molar-refractivity contribution in [3.8, 4) is 0 Å². The molecule has 1 amide bonds. The molecule has 1 saturated heterocycles. The van der Waals surface area contributed by atoms with Gasteiger partial charge < -0.3 is 10.2 Å². The van der Waals surface area contributed by atoms with Crippen LogP contribution < -0.4 is 10.2 Å². The second-order valence-electron chi connectivity index (χ2n) is 7.05. The quantitative estimate of drug-likeness (QED) is 0.780. The highest BCUT2D eigenvalue weighted by atomic mass is 16.1. The third-order valence-electron chi connectivity index (χ3n) is 4.82. The van der Waals surface area contributed by atoms with Crippen LogP contribution in [-0.4, -0.2) is 33.6 Å². The normalized spacial score (nSPS) is 14.3. The largest absolute Gasteiger partial charge is 0.355 e. The molecule has 1 fully saturated rings. The number of carbonyl (C=O) groups is 1. The zero-order chi connectivity index (χ0) is 18.1. The molecular formula is C20H23N5O. The van der Waals surface area contributed by atoms with E-state index in [1.165, 1.54) is 18.4 Å². The van der Waals surface area contributed by atoms with Gasteiger partial charge in [0.1, 0.15) is 5.82 Å². The van der Waals surface area contributed by atoms with E-state index >= 15 is 0 Å². The number of benzene rings is 1. The topological polar surface area (TPSA) is 62.5 Å². The summed E-state index contributed by atoms with van der Waals surface area (Å²) in [5, 5.41) is 7.48. The Morgan fingerprint density at radius 1 is 1.08 bits per heavy atom. The van der Waals surface area contributed by atoms with Crippen molar-refractivity contribution in [1.82, 2.24) is 14.6 Å². The summed E-state index contributed by atoms with van der Waals surface area (Å²) in [6.07, 6.45) is 4.18. The molecule has 1 N–H and O–H groups in total. The van der Waals surface area contributed by atoms with E-state index in [2.05, 4.69) is 34.1 Å². The summed E-state index contributed by atoms with van der Waals surface area (Å²) in [6.45, 7) is 6.36. The van der Waals surface area contributed by atoms with E-state index in [1.54, 1.807) is 10.7 Å². The van der Waals surface area contributed by atoms with Crippen LogP contribution in [0.4, 0.5) is 11.6 Å². The van der Waals surface area contributed by atoms with Crippen LogP contribution in [0.1, 0.15) is 48.5 Å². The maximum Gasteiger partial charge on any atom is 0.256 e. The fourth-order valence-electron chi connectivity index (χ4n) is 3.25. The van der Waals surface area contributed by atoms with Gasteiger partial charge in [0.05, 0.1) is 6.20 Å². The van der Waals surface area contributed by atoms with Gasteiger partial charge in [0.15, 0.2) is 11.5 Å². The van der Waals surface area contributed by atoms with E-state index in [9.17, 15) is 4.79 Å². The van der Waals surface area contributed by atoms with Gasteiger partial charge in [0, 0.05) is 18.7 Å². The molecule has 0 saturated carbocycles. The maximum atomic E-state index is 12.5. The van der Waals surface area contributed by atoms with Gasteiger partial charge >= 0.3 is 0 Å². The first-order valence-electron chi connectivity index (χ1n) is 9.13. The number of rotatable bonds is 4. The first-order valence-corrected chi connectivity index (χ1v) is 9.13. The second-order valence-corrected chi connectivity index (χ2v) is 7.05. The molecule has 4 rings (SSSR count). The van der Waals surface area contributed by atoms with Crippen molar-refractivity contribution in [2.75, 3.05) is 23.3 Å². The number of hydrogen-bond donors (Lipinski definition) is 1. The highest BCUT2D eigenvalue weighted by Crippen LogP contribution is 2.19. The minimum atomic E-state index is -0.163. The molecule has 26 heavy (non-hydrogen) atoms. The fraction of sp³-hybridized carbons (Fsp3) is 0.350. The Hall–Kier alpha value is -2.89. The minimum Gasteiger partial charge on any atom is -0.355 e. The van der Waals surface area contributed by atoms with Crippen molar-refractivity contribution in [3.05, 3.63) is 53.7 Å². The maximum absolute atomic E-state index is 12.5. The number of aromatic nitrogens is 3. The van der Waals surface area contributed by atoms with Crippen molar-refractivity contribution >= 4 is 23.2 Å². The van der Waals surface area contributed by atoms with Gasteiger partial charge in [-0.2, -0.15) is 0 Å². The van der Waals surface area contributed by atoms with Crippen LogP contribution in [0.2, 0.25) is 0 Å². The monoisotopic (exact) mass is 349 g/mol. The first-order chi connectivity index (χ1) is 12.6. The Bertz CT molecular complexity index is 923. The molecule has 0 atom stereocenters. The summed E-state index contributed by atoms with van der Waals surface area (Å²) >= 11 is 0. The Morgan fingerprint density at radius 3 is 2.50 bits per heavy atom. The van der Waals surface area contributed by atoms with Crippen molar-refractivity contribution in [2.45, 2.75) is 32.6 Å². The second kappa shape index (κ2) is 6.78. The van der Waals surface area contributed by atoms with Gasteiger partial charge in [-0.05, 0) is 48.6 Å². The van der Waals surface area contributed by atoms with Gasteiger partial charge in [-0.1, -0.05) is 26.0 Å².